The first-order chi connectivity index (χ1) is 11.2. The number of ether oxygens (including phenoxy) is 3. The SMILES string of the molecule is COCCOCC(=O)N1CCOC(CN(CC(=O)O)S(C)(=O)=O)C1. The summed E-state index contributed by atoms with van der Waals surface area (Å²) < 4.78 is 39.6. The molecule has 1 unspecified atom stereocenters. The van der Waals surface area contributed by atoms with Gasteiger partial charge in [0, 0.05) is 26.7 Å². The standard InChI is InChI=1S/C13H24N2O8S/c1-21-5-6-22-10-12(16)14-3-4-23-11(7-14)8-15(9-13(17)18)24(2,19)20/h11H,3-10H2,1-2H3,(H,17,18). The molecule has 1 aliphatic heterocycles. The van der Waals surface area contributed by atoms with Crippen molar-refractivity contribution in [3.8, 4) is 0 Å². The van der Waals surface area contributed by atoms with Crippen LogP contribution in [-0.4, -0.2) is 107 Å². The summed E-state index contributed by atoms with van der Waals surface area (Å²) in [6.45, 7) is 0.624. The fourth-order valence-electron chi connectivity index (χ4n) is 2.14. The molecule has 1 aliphatic rings. The Balaban J connectivity index is 2.54. The normalized spacial score (nSPS) is 18.8. The highest BCUT2D eigenvalue weighted by atomic mass is 32.2. The van der Waals surface area contributed by atoms with E-state index in [4.69, 9.17) is 19.3 Å². The van der Waals surface area contributed by atoms with Crippen molar-refractivity contribution in [2.45, 2.75) is 6.10 Å². The molecule has 1 saturated heterocycles. The number of sulfonamides is 1. The number of carboxylic acids is 1. The monoisotopic (exact) mass is 368 g/mol. The van der Waals surface area contributed by atoms with Crippen LogP contribution >= 0.6 is 0 Å². The van der Waals surface area contributed by atoms with Crippen LogP contribution in [0.5, 0.6) is 0 Å². The minimum Gasteiger partial charge on any atom is -0.480 e. The Morgan fingerprint density at radius 2 is 2.08 bits per heavy atom. The Hall–Kier alpha value is -1.27. The molecule has 0 aromatic carbocycles. The van der Waals surface area contributed by atoms with Gasteiger partial charge in [-0.15, -0.1) is 0 Å². The predicted octanol–water partition coefficient (Wildman–Crippen LogP) is -1.78. The molecule has 1 amide bonds. The summed E-state index contributed by atoms with van der Waals surface area (Å²) in [6.07, 6.45) is 0.349. The highest BCUT2D eigenvalue weighted by Gasteiger charge is 2.29. The van der Waals surface area contributed by atoms with E-state index < -0.39 is 28.6 Å². The topological polar surface area (TPSA) is 123 Å². The van der Waals surface area contributed by atoms with Gasteiger partial charge in [0.05, 0.1) is 32.2 Å². The van der Waals surface area contributed by atoms with Crippen molar-refractivity contribution in [1.82, 2.24) is 9.21 Å². The molecule has 1 atom stereocenters. The molecule has 1 N–H and O–H groups in total. The van der Waals surface area contributed by atoms with Crippen LogP contribution in [0.2, 0.25) is 0 Å². The molecule has 0 radical (unpaired) electrons. The number of carbonyl (C=O) groups excluding carboxylic acids is 1. The summed E-state index contributed by atoms with van der Waals surface area (Å²) >= 11 is 0. The Labute approximate surface area is 141 Å². The summed E-state index contributed by atoms with van der Waals surface area (Å²) in [5.74, 6) is -1.49. The van der Waals surface area contributed by atoms with Gasteiger partial charge in [-0.25, -0.2) is 8.42 Å². The second-order valence-corrected chi connectivity index (χ2v) is 7.31. The van der Waals surface area contributed by atoms with Crippen LogP contribution in [0.1, 0.15) is 0 Å². The average molecular weight is 368 g/mol. The zero-order chi connectivity index (χ0) is 18.2. The highest BCUT2D eigenvalue weighted by molar-refractivity contribution is 7.88. The Bertz CT molecular complexity index is 524. The van der Waals surface area contributed by atoms with Crippen LogP contribution in [0, 0.1) is 0 Å². The second-order valence-electron chi connectivity index (χ2n) is 5.33. The van der Waals surface area contributed by atoms with E-state index in [0.29, 0.717) is 19.8 Å². The molecule has 10 nitrogen and oxygen atoms in total. The number of hydrogen-bond donors (Lipinski definition) is 1. The van der Waals surface area contributed by atoms with E-state index in [9.17, 15) is 18.0 Å². The molecule has 0 aromatic rings. The molecule has 0 saturated carbocycles. The predicted molar refractivity (Wildman–Crippen MR) is 83.1 cm³/mol. The first-order valence-electron chi connectivity index (χ1n) is 7.37. The van der Waals surface area contributed by atoms with E-state index in [1.807, 2.05) is 0 Å². The van der Waals surface area contributed by atoms with Gasteiger partial charge in [-0.3, -0.25) is 9.59 Å². The quantitative estimate of drug-likeness (QED) is 0.449. The number of methoxy groups -OCH3 is 1. The molecular weight excluding hydrogens is 344 g/mol. The minimum atomic E-state index is -3.69. The van der Waals surface area contributed by atoms with Gasteiger partial charge in [0.2, 0.25) is 15.9 Å². The molecule has 24 heavy (non-hydrogen) atoms. The molecule has 140 valence electrons. The van der Waals surface area contributed by atoms with Gasteiger partial charge in [0.15, 0.2) is 0 Å². The van der Waals surface area contributed by atoms with E-state index in [-0.39, 0.29) is 32.2 Å². The smallest absolute Gasteiger partial charge is 0.318 e. The lowest BCUT2D eigenvalue weighted by molar-refractivity contribution is -0.145. The number of aliphatic carboxylic acids is 1. The van der Waals surface area contributed by atoms with Crippen molar-refractivity contribution in [3.05, 3.63) is 0 Å². The summed E-state index contributed by atoms with van der Waals surface area (Å²) in [7, 11) is -2.16. The number of morpholine rings is 1. The van der Waals surface area contributed by atoms with Crippen LogP contribution in [0.25, 0.3) is 0 Å². The van der Waals surface area contributed by atoms with Crippen molar-refractivity contribution in [2.75, 3.05) is 66.0 Å². The van der Waals surface area contributed by atoms with Gasteiger partial charge in [-0.1, -0.05) is 0 Å². The maximum atomic E-state index is 12.0. The number of carboxylic acid groups (broad SMARTS) is 1. The first kappa shape index (κ1) is 20.8. The zero-order valence-corrected chi connectivity index (χ0v) is 14.7. The molecule has 1 fully saturated rings. The zero-order valence-electron chi connectivity index (χ0n) is 13.8. The van der Waals surface area contributed by atoms with Gasteiger partial charge >= 0.3 is 5.97 Å². The summed E-state index contributed by atoms with van der Waals surface area (Å²) in [4.78, 5) is 24.4. The number of nitrogens with zero attached hydrogens (tertiary/aromatic N) is 2. The largest absolute Gasteiger partial charge is 0.480 e. The highest BCUT2D eigenvalue weighted by Crippen LogP contribution is 2.10. The van der Waals surface area contributed by atoms with Gasteiger partial charge in [-0.05, 0) is 0 Å². The first-order valence-corrected chi connectivity index (χ1v) is 9.22. The number of amides is 1. The Morgan fingerprint density at radius 1 is 1.38 bits per heavy atom. The lowest BCUT2D eigenvalue weighted by atomic mass is 10.2. The molecule has 0 aliphatic carbocycles. The number of rotatable bonds is 10. The van der Waals surface area contributed by atoms with Crippen molar-refractivity contribution in [3.63, 3.8) is 0 Å². The van der Waals surface area contributed by atoms with Crippen LogP contribution in [0.15, 0.2) is 0 Å². The minimum absolute atomic E-state index is 0.0962. The van der Waals surface area contributed by atoms with Gasteiger partial charge < -0.3 is 24.2 Å². The summed E-state index contributed by atoms with van der Waals surface area (Å²) in [6, 6.07) is 0. The van der Waals surface area contributed by atoms with E-state index in [0.717, 1.165) is 10.6 Å². The lowest BCUT2D eigenvalue weighted by Gasteiger charge is -2.34. The fourth-order valence-corrected chi connectivity index (χ4v) is 2.93. The summed E-state index contributed by atoms with van der Waals surface area (Å²) in [5.41, 5.74) is 0. The van der Waals surface area contributed by atoms with Crippen LogP contribution in [0.3, 0.4) is 0 Å². The lowest BCUT2D eigenvalue weighted by Crippen LogP contribution is -2.51. The second kappa shape index (κ2) is 9.89. The Kier molecular flexibility index (Phi) is 8.56. The third kappa shape index (κ3) is 7.53. The van der Waals surface area contributed by atoms with E-state index in [1.54, 1.807) is 0 Å². The number of carbonyl (C=O) groups is 2. The Morgan fingerprint density at radius 3 is 2.67 bits per heavy atom. The summed E-state index contributed by atoms with van der Waals surface area (Å²) in [5, 5.41) is 8.82. The van der Waals surface area contributed by atoms with Crippen LogP contribution in [0.4, 0.5) is 0 Å². The van der Waals surface area contributed by atoms with Gasteiger partial charge in [-0.2, -0.15) is 4.31 Å². The van der Waals surface area contributed by atoms with E-state index >= 15 is 0 Å². The third-order valence-corrected chi connectivity index (χ3v) is 4.55. The molecular formula is C13H24N2O8S. The molecule has 1 heterocycles. The molecule has 0 spiro atoms. The molecule has 0 bridgehead atoms. The van der Waals surface area contributed by atoms with Crippen molar-refractivity contribution in [2.24, 2.45) is 0 Å². The molecule has 0 aromatic heterocycles. The van der Waals surface area contributed by atoms with Crippen LogP contribution < -0.4 is 0 Å². The maximum absolute atomic E-state index is 12.0. The van der Waals surface area contributed by atoms with Crippen LogP contribution in [-0.2, 0) is 33.8 Å². The van der Waals surface area contributed by atoms with E-state index in [1.165, 1.54) is 12.0 Å². The third-order valence-electron chi connectivity index (χ3n) is 3.34. The van der Waals surface area contributed by atoms with Gasteiger partial charge in [0.25, 0.3) is 0 Å². The van der Waals surface area contributed by atoms with E-state index in [2.05, 4.69) is 0 Å². The van der Waals surface area contributed by atoms with Crippen molar-refractivity contribution in [1.29, 1.82) is 0 Å². The van der Waals surface area contributed by atoms with Crippen molar-refractivity contribution < 1.29 is 37.3 Å². The number of hydrogen-bond acceptors (Lipinski definition) is 7. The molecule has 11 heteroatoms. The average Bonchev–Trinajstić information content (AvgIpc) is 2.50. The molecule has 1 rings (SSSR count). The maximum Gasteiger partial charge on any atom is 0.318 e. The van der Waals surface area contributed by atoms with Gasteiger partial charge in [0.1, 0.15) is 13.2 Å². The fraction of sp³-hybridized carbons (Fsp3) is 0.846. The van der Waals surface area contributed by atoms with Crippen molar-refractivity contribution >= 4 is 21.9 Å².